The number of primary amides is 1. The zero-order valence-electron chi connectivity index (χ0n) is 80.6. The van der Waals surface area contributed by atoms with Gasteiger partial charge < -0.3 is 65.0 Å². The molecule has 7 fully saturated rings. The van der Waals surface area contributed by atoms with E-state index in [1.165, 1.54) is 58.0 Å². The van der Waals surface area contributed by atoms with Crippen molar-refractivity contribution >= 4 is 175 Å². The van der Waals surface area contributed by atoms with Crippen LogP contribution in [0.5, 0.6) is 0 Å². The number of rotatable bonds is 19. The number of sulfone groups is 5. The molecule has 9 aromatic rings. The molecule has 144 heavy (non-hydrogen) atoms. The Bertz CT molecular complexity index is 6680. The predicted octanol–water partition coefficient (Wildman–Crippen LogP) is 18.7. The SMILES string of the molecule is CC1(C)OB(C2=CCCOC2)OC1(C)C.CS(=O)(=O)c1cc(Br)ccc1[N+](=O)[O-].CS(=O)(=O)c1cc(C2=CCCOC2)ccc1[N+](=O)[O-].CS(=O)(=O)c1cc(C2CCCOC2)ccc1N.CS(=O)(=O)c1cc(C2CCCOC2)ccc1N.CS(=O)(=O)c1cc(C2CCCOC2)ccc1Nc1cc(Cl)nc2c1nc(C(F)F)n2C1CCCCO1.FC(F)c1nc2c(Cl)cc(Cl)nc2n1C1CCCCO1.NC(=O)C1CC1. The average Bonchev–Trinajstić information content (AvgIpc) is 1.63. The van der Waals surface area contributed by atoms with Crippen LogP contribution in [-0.4, -0.2) is 216 Å². The quantitative estimate of drug-likeness (QED) is 0.0146. The first-order chi connectivity index (χ1) is 67.7. The molecule has 4 aromatic heterocycles. The van der Waals surface area contributed by atoms with Gasteiger partial charge in [-0.25, -0.2) is 79.6 Å². The average molecular weight is 2230 g/mol. The van der Waals surface area contributed by atoms with Gasteiger partial charge in [-0.1, -0.05) is 81.1 Å². The van der Waals surface area contributed by atoms with E-state index in [1.807, 2.05) is 24.3 Å². The van der Waals surface area contributed by atoms with Crippen LogP contribution in [0.25, 0.3) is 27.9 Å². The number of nitrogens with two attached hydrogens (primary N) is 3. The highest BCUT2D eigenvalue weighted by Gasteiger charge is 2.52. The predicted molar refractivity (Wildman–Crippen MR) is 542 cm³/mol. The van der Waals surface area contributed by atoms with Gasteiger partial charge in [0.25, 0.3) is 24.2 Å². The van der Waals surface area contributed by atoms with Crippen LogP contribution in [0, 0.1) is 26.1 Å². The van der Waals surface area contributed by atoms with Gasteiger partial charge in [0, 0.05) is 111 Å². The number of nitro benzene ring substituents is 2. The summed E-state index contributed by atoms with van der Waals surface area (Å²) >= 11 is 21.2. The molecule has 786 valence electrons. The van der Waals surface area contributed by atoms with Crippen LogP contribution in [0.2, 0.25) is 15.3 Å². The van der Waals surface area contributed by atoms with Crippen LogP contribution in [0.1, 0.15) is 207 Å². The second-order valence-electron chi connectivity index (χ2n) is 36.5. The van der Waals surface area contributed by atoms with Crippen molar-refractivity contribution in [1.29, 1.82) is 0 Å². The van der Waals surface area contributed by atoms with E-state index in [0.29, 0.717) is 99.4 Å². The molecule has 12 heterocycles. The van der Waals surface area contributed by atoms with Gasteiger partial charge >= 0.3 is 7.12 Å². The van der Waals surface area contributed by atoms with E-state index < -0.39 is 102 Å². The number of aromatic nitrogens is 6. The number of amides is 1. The van der Waals surface area contributed by atoms with Gasteiger partial charge in [-0.05, 0) is 230 Å². The third-order valence-corrected chi connectivity index (χ3v) is 31.7. The molecule has 1 saturated carbocycles. The fraction of sp³-hybridized carbons (Fsp3) is 0.500. The Morgan fingerprint density at radius 1 is 0.486 bits per heavy atom. The first-order valence-corrected chi connectivity index (χ1v) is 57.6. The van der Waals surface area contributed by atoms with Crippen molar-refractivity contribution in [3.63, 3.8) is 0 Å². The monoisotopic (exact) mass is 2230 g/mol. The summed E-state index contributed by atoms with van der Waals surface area (Å²) in [6.07, 6.45) is 17.2. The molecule has 18 rings (SSSR count). The lowest BCUT2D eigenvalue weighted by molar-refractivity contribution is -0.388. The highest BCUT2D eigenvalue weighted by molar-refractivity contribution is 9.10. The molecule has 8 aliphatic heterocycles. The maximum absolute atomic E-state index is 14.0. The summed E-state index contributed by atoms with van der Waals surface area (Å²) in [5.41, 5.74) is 22.4. The smallest absolute Gasteiger partial charge is 0.400 e. The van der Waals surface area contributed by atoms with Crippen LogP contribution in [0.15, 0.2) is 150 Å². The Labute approximate surface area is 857 Å². The normalized spacial score (nSPS) is 20.2. The molecule has 0 radical (unpaired) electrons. The number of hydrogen-bond donors (Lipinski definition) is 4. The lowest BCUT2D eigenvalue weighted by Gasteiger charge is -2.32. The van der Waals surface area contributed by atoms with Crippen LogP contribution in [0.4, 0.5) is 51.7 Å². The van der Waals surface area contributed by atoms with Gasteiger partial charge in [0.05, 0.1) is 110 Å². The second kappa shape index (κ2) is 50.3. The molecule has 5 aromatic carbocycles. The number of nitrogens with zero attached hydrogens (tertiary/aromatic N) is 8. The molecule has 1 aliphatic carbocycles. The van der Waals surface area contributed by atoms with Crippen LogP contribution in [-0.2, 0) is 96.4 Å². The number of halogens is 8. The fourth-order valence-electron chi connectivity index (χ4n) is 16.5. The van der Waals surface area contributed by atoms with Crippen molar-refractivity contribution in [2.24, 2.45) is 11.7 Å². The highest BCUT2D eigenvalue weighted by atomic mass is 79.9. The van der Waals surface area contributed by atoms with Gasteiger partial charge in [-0.15, -0.1) is 0 Å². The molecule has 1 amide bonds. The number of carbonyl (C=O) groups excluding carboxylic acids is 1. The third-order valence-electron chi connectivity index (χ3n) is 24.8. The third kappa shape index (κ3) is 31.3. The topological polar surface area (TPSA) is 509 Å². The molecule has 0 bridgehead atoms. The highest BCUT2D eigenvalue weighted by Crippen LogP contribution is 2.44. The van der Waals surface area contributed by atoms with Crippen LogP contribution in [0.3, 0.4) is 0 Å². The molecular weight excluding hydrogens is 2110 g/mol. The maximum Gasteiger partial charge on any atom is 0.492 e. The largest absolute Gasteiger partial charge is 0.492 e. The zero-order valence-corrected chi connectivity index (χ0v) is 88.6. The summed E-state index contributed by atoms with van der Waals surface area (Å²) in [6.45, 7) is 15.9. The van der Waals surface area contributed by atoms with Crippen molar-refractivity contribution in [2.75, 3.05) is 127 Å². The van der Waals surface area contributed by atoms with E-state index in [4.69, 9.17) is 94.5 Å². The van der Waals surface area contributed by atoms with Crippen molar-refractivity contribution < 1.29 is 117 Å². The van der Waals surface area contributed by atoms with E-state index in [9.17, 15) is 84.7 Å². The van der Waals surface area contributed by atoms with Crippen molar-refractivity contribution in [3.8, 4) is 0 Å². The van der Waals surface area contributed by atoms with Crippen molar-refractivity contribution in [3.05, 3.63) is 195 Å². The Morgan fingerprint density at radius 3 is 1.30 bits per heavy atom. The number of nitrogens with one attached hydrogen (secondary N) is 1. The number of benzene rings is 5. The lowest BCUT2D eigenvalue weighted by Crippen LogP contribution is -2.41. The zero-order chi connectivity index (χ0) is 105. The molecule has 5 atom stereocenters. The summed E-state index contributed by atoms with van der Waals surface area (Å²) in [5, 5.41) is 24.8. The summed E-state index contributed by atoms with van der Waals surface area (Å²) in [5.74, 6) is -0.0702. The standard InChI is InChI=1S/C24H27ClF2N4O4S.C12H11Cl2F2N3O.C12H13NO5S.2C12H17NO3S.C11H19BO3.C7H6BrNO4S.C4H7NO/c1-36(32,33)18-11-14(15-5-4-9-34-13-15)7-8-16(18)28-17-12-19(25)29-23-21(17)30-24(22(26)27)31(23)20-6-2-3-10-35-20;13-6-5-7(14)17-11-9(6)18-12(10(15)16)19(11)8-3-1-2-4-20-8;1-19(16,17)12-7-9(4-5-11(12)13(14)15)10-3-2-6-18-8-10;2*1-17(14,15)12-7-9(4-5-11(12)13)10-3-2-6-16-8-10;1-10(2)11(3,4)15-12(14-10)9-6-5-7-13-8-9;1-14(12,13)7-4-5(8)2-3-6(7)9(10)11;5-4(6)3-1-2-3/h7-8,11-12,15,20,22H,2-6,9-10,13H2,1H3,(H,28,29);5,8,10H,1-4H2;3-5,7H,2,6,8H2,1H3;2*4-5,7,10H,2-3,6,8,13H2,1H3;6H,5,7-8H2,1-4H3;2-4H,1H3;3H,1-2H2,(H2,5,6). The van der Waals surface area contributed by atoms with Gasteiger partial charge in [0.1, 0.15) is 43.6 Å². The van der Waals surface area contributed by atoms with Crippen LogP contribution < -0.4 is 22.5 Å². The summed E-state index contributed by atoms with van der Waals surface area (Å²) < 4.78 is 225. The molecule has 5 unspecified atom stereocenters. The number of imidazole rings is 2. The number of ether oxygens (including phenoxy) is 7. The number of anilines is 4. The van der Waals surface area contributed by atoms with E-state index in [0.717, 1.165) is 162 Å². The van der Waals surface area contributed by atoms with Gasteiger partial charge in [-0.3, -0.25) is 34.2 Å². The maximum atomic E-state index is 14.0. The minimum atomic E-state index is -3.65. The molecule has 6 saturated heterocycles. The summed E-state index contributed by atoms with van der Waals surface area (Å²) in [7, 11) is -17.6. The number of fused-ring (bicyclic) bond motifs is 2. The van der Waals surface area contributed by atoms with Gasteiger partial charge in [0.2, 0.25) is 5.91 Å². The van der Waals surface area contributed by atoms with E-state index in [1.54, 1.807) is 42.5 Å². The number of hydrogen-bond acceptors (Lipinski definition) is 31. The number of nitro groups is 2. The Morgan fingerprint density at radius 2 is 0.910 bits per heavy atom. The summed E-state index contributed by atoms with van der Waals surface area (Å²) in [4.78, 5) is 46.4. The van der Waals surface area contributed by atoms with E-state index >= 15 is 0 Å². The van der Waals surface area contributed by atoms with E-state index in [-0.39, 0.29) is 122 Å². The van der Waals surface area contributed by atoms with Crippen molar-refractivity contribution in [1.82, 2.24) is 29.1 Å². The van der Waals surface area contributed by atoms with Gasteiger partial charge in [-0.2, -0.15) is 0 Å². The minimum absolute atomic E-state index is 0.0552. The van der Waals surface area contributed by atoms with Gasteiger partial charge in [0.15, 0.2) is 72.1 Å². The molecule has 0 spiro atoms. The van der Waals surface area contributed by atoms with Crippen LogP contribution >= 0.6 is 50.7 Å². The fourth-order valence-corrected chi connectivity index (χ4v) is 21.9. The molecule has 7 N–H and O–H groups in total. The summed E-state index contributed by atoms with van der Waals surface area (Å²) in [6, 6.07) is 26.4. The molecule has 9 aliphatic rings. The Kier molecular flexibility index (Phi) is 40.3. The number of pyridine rings is 2. The molecular formula is C94H117BBrCl3F4N12O24S5. The Balaban J connectivity index is 0.000000163. The van der Waals surface area contributed by atoms with E-state index in [2.05, 4.69) is 75.0 Å². The number of alkyl halides is 4. The second-order valence-corrected chi connectivity index (χ2v) is 48.5. The van der Waals surface area contributed by atoms with Crippen molar-refractivity contribution in [2.45, 2.75) is 209 Å². The molecule has 50 heteroatoms. The first-order valence-electron chi connectivity index (χ1n) is 46.2. The first kappa shape index (κ1) is 115. The number of carbonyl (C=O) groups is 1. The molecule has 36 nitrogen and oxygen atoms in total. The number of nitrogen functional groups attached to an aromatic ring is 2. The lowest BCUT2D eigenvalue weighted by atomic mass is 9.77. The Hall–Kier alpha value is -8.99. The minimum Gasteiger partial charge on any atom is -0.400 e.